The molecule has 2 rings (SSSR count). The average molecular weight is 226 g/mol. The van der Waals surface area contributed by atoms with Crippen LogP contribution in [-0.4, -0.2) is 0 Å². The SMILES string of the molecule is NCc1cc2c(Br)cccc2o1. The molecule has 2 N–H and O–H groups in total. The summed E-state index contributed by atoms with van der Waals surface area (Å²) < 4.78 is 6.49. The van der Waals surface area contributed by atoms with E-state index in [1.807, 2.05) is 24.3 Å². The lowest BCUT2D eigenvalue weighted by Gasteiger charge is -1.88. The molecule has 0 atom stereocenters. The monoisotopic (exact) mass is 225 g/mol. The summed E-state index contributed by atoms with van der Waals surface area (Å²) in [4.78, 5) is 0. The van der Waals surface area contributed by atoms with Gasteiger partial charge in [0.15, 0.2) is 0 Å². The fourth-order valence-corrected chi connectivity index (χ4v) is 1.64. The Labute approximate surface area is 78.5 Å². The van der Waals surface area contributed by atoms with Gasteiger partial charge in [-0.15, -0.1) is 0 Å². The van der Waals surface area contributed by atoms with Gasteiger partial charge in [0.25, 0.3) is 0 Å². The van der Waals surface area contributed by atoms with E-state index >= 15 is 0 Å². The van der Waals surface area contributed by atoms with Gasteiger partial charge < -0.3 is 10.2 Å². The van der Waals surface area contributed by atoms with E-state index in [1.54, 1.807) is 0 Å². The Morgan fingerprint density at radius 2 is 2.25 bits per heavy atom. The Kier molecular flexibility index (Phi) is 1.90. The second-order valence-corrected chi connectivity index (χ2v) is 3.42. The van der Waals surface area contributed by atoms with Gasteiger partial charge in [0.2, 0.25) is 0 Å². The molecular weight excluding hydrogens is 218 g/mol. The molecule has 0 aliphatic heterocycles. The maximum Gasteiger partial charge on any atom is 0.135 e. The first-order chi connectivity index (χ1) is 5.81. The van der Waals surface area contributed by atoms with Crippen LogP contribution < -0.4 is 5.73 Å². The van der Waals surface area contributed by atoms with E-state index in [0.29, 0.717) is 6.54 Å². The Morgan fingerprint density at radius 1 is 1.42 bits per heavy atom. The van der Waals surface area contributed by atoms with Crippen molar-refractivity contribution in [2.24, 2.45) is 5.73 Å². The molecule has 3 heteroatoms. The van der Waals surface area contributed by atoms with E-state index in [2.05, 4.69) is 15.9 Å². The van der Waals surface area contributed by atoms with E-state index in [0.717, 1.165) is 21.2 Å². The molecule has 0 saturated carbocycles. The number of nitrogens with two attached hydrogens (primary N) is 1. The van der Waals surface area contributed by atoms with Crippen molar-refractivity contribution in [3.8, 4) is 0 Å². The van der Waals surface area contributed by atoms with Gasteiger partial charge in [-0.1, -0.05) is 22.0 Å². The highest BCUT2D eigenvalue weighted by Gasteiger charge is 2.03. The summed E-state index contributed by atoms with van der Waals surface area (Å²) in [6, 6.07) is 7.81. The molecule has 1 aromatic carbocycles. The minimum Gasteiger partial charge on any atom is -0.460 e. The van der Waals surface area contributed by atoms with Crippen LogP contribution in [0.2, 0.25) is 0 Å². The van der Waals surface area contributed by atoms with Crippen LogP contribution in [0.5, 0.6) is 0 Å². The maximum atomic E-state index is 5.45. The van der Waals surface area contributed by atoms with Crippen molar-refractivity contribution in [3.05, 3.63) is 34.5 Å². The molecule has 0 aliphatic rings. The summed E-state index contributed by atoms with van der Waals surface area (Å²) in [5, 5.41) is 1.08. The molecule has 0 radical (unpaired) electrons. The standard InChI is InChI=1S/C9H8BrNO/c10-8-2-1-3-9-7(8)4-6(5-11)12-9/h1-4H,5,11H2. The number of furan rings is 1. The Bertz CT molecular complexity index is 408. The maximum absolute atomic E-state index is 5.45. The van der Waals surface area contributed by atoms with Crippen LogP contribution in [0.25, 0.3) is 11.0 Å². The largest absolute Gasteiger partial charge is 0.460 e. The highest BCUT2D eigenvalue weighted by molar-refractivity contribution is 9.10. The van der Waals surface area contributed by atoms with Gasteiger partial charge in [-0.05, 0) is 18.2 Å². The van der Waals surface area contributed by atoms with Crippen molar-refractivity contribution in [1.82, 2.24) is 0 Å². The summed E-state index contributed by atoms with van der Waals surface area (Å²) in [5.41, 5.74) is 6.33. The highest BCUT2D eigenvalue weighted by Crippen LogP contribution is 2.26. The first-order valence-corrected chi connectivity index (χ1v) is 4.47. The minimum atomic E-state index is 0.446. The third-order valence-electron chi connectivity index (χ3n) is 1.76. The van der Waals surface area contributed by atoms with Gasteiger partial charge in [-0.2, -0.15) is 0 Å². The second-order valence-electron chi connectivity index (χ2n) is 2.57. The fourth-order valence-electron chi connectivity index (χ4n) is 1.18. The first kappa shape index (κ1) is 7.83. The molecule has 0 bridgehead atoms. The van der Waals surface area contributed by atoms with Gasteiger partial charge in [0, 0.05) is 9.86 Å². The van der Waals surface area contributed by atoms with Crippen molar-refractivity contribution >= 4 is 26.9 Å². The smallest absolute Gasteiger partial charge is 0.135 e. The number of hydrogen-bond donors (Lipinski definition) is 1. The number of halogens is 1. The quantitative estimate of drug-likeness (QED) is 0.811. The Balaban J connectivity index is 2.74. The van der Waals surface area contributed by atoms with Gasteiger partial charge in [-0.25, -0.2) is 0 Å². The zero-order valence-electron chi connectivity index (χ0n) is 6.38. The van der Waals surface area contributed by atoms with Crippen LogP contribution in [-0.2, 0) is 6.54 Å². The lowest BCUT2D eigenvalue weighted by atomic mass is 10.2. The Hall–Kier alpha value is -0.800. The highest BCUT2D eigenvalue weighted by atomic mass is 79.9. The van der Waals surface area contributed by atoms with E-state index in [9.17, 15) is 0 Å². The summed E-state index contributed by atoms with van der Waals surface area (Å²) in [6.07, 6.45) is 0. The Morgan fingerprint density at radius 3 is 2.92 bits per heavy atom. The molecule has 0 fully saturated rings. The molecule has 1 aromatic heterocycles. The lowest BCUT2D eigenvalue weighted by molar-refractivity contribution is 0.552. The molecular formula is C9H8BrNO. The van der Waals surface area contributed by atoms with Crippen LogP contribution in [0.15, 0.2) is 33.2 Å². The summed E-state index contributed by atoms with van der Waals surface area (Å²) in [6.45, 7) is 0.446. The molecule has 0 aliphatic carbocycles. The number of fused-ring (bicyclic) bond motifs is 1. The fraction of sp³-hybridized carbons (Fsp3) is 0.111. The molecule has 12 heavy (non-hydrogen) atoms. The van der Waals surface area contributed by atoms with Crippen LogP contribution in [0.3, 0.4) is 0 Å². The van der Waals surface area contributed by atoms with E-state index in [-0.39, 0.29) is 0 Å². The second kappa shape index (κ2) is 2.92. The van der Waals surface area contributed by atoms with Crippen LogP contribution >= 0.6 is 15.9 Å². The summed E-state index contributed by atoms with van der Waals surface area (Å²) in [7, 11) is 0. The van der Waals surface area contributed by atoms with Crippen LogP contribution in [0.4, 0.5) is 0 Å². The van der Waals surface area contributed by atoms with Gasteiger partial charge in [0.05, 0.1) is 6.54 Å². The van der Waals surface area contributed by atoms with Crippen LogP contribution in [0.1, 0.15) is 5.76 Å². The molecule has 0 saturated heterocycles. The van der Waals surface area contributed by atoms with Gasteiger partial charge in [-0.3, -0.25) is 0 Å². The third kappa shape index (κ3) is 1.15. The summed E-state index contributed by atoms with van der Waals surface area (Å²) >= 11 is 3.44. The first-order valence-electron chi connectivity index (χ1n) is 3.68. The predicted octanol–water partition coefficient (Wildman–Crippen LogP) is 2.65. The van der Waals surface area contributed by atoms with Crippen molar-refractivity contribution in [2.75, 3.05) is 0 Å². The molecule has 0 amide bonds. The van der Waals surface area contributed by atoms with Crippen molar-refractivity contribution in [2.45, 2.75) is 6.54 Å². The van der Waals surface area contributed by atoms with Crippen molar-refractivity contribution in [1.29, 1.82) is 0 Å². The van der Waals surface area contributed by atoms with Crippen LogP contribution in [0, 0.1) is 0 Å². The van der Waals surface area contributed by atoms with E-state index < -0.39 is 0 Å². The lowest BCUT2D eigenvalue weighted by Crippen LogP contribution is -1.92. The molecule has 0 unspecified atom stereocenters. The average Bonchev–Trinajstić information content (AvgIpc) is 2.49. The number of benzene rings is 1. The predicted molar refractivity (Wildman–Crippen MR) is 51.8 cm³/mol. The number of hydrogen-bond acceptors (Lipinski definition) is 2. The molecule has 2 nitrogen and oxygen atoms in total. The van der Waals surface area contributed by atoms with E-state index in [1.165, 1.54) is 0 Å². The molecule has 62 valence electrons. The molecule has 2 aromatic rings. The topological polar surface area (TPSA) is 39.2 Å². The molecule has 0 spiro atoms. The van der Waals surface area contributed by atoms with Gasteiger partial charge >= 0.3 is 0 Å². The van der Waals surface area contributed by atoms with E-state index in [4.69, 9.17) is 10.2 Å². The zero-order valence-corrected chi connectivity index (χ0v) is 7.97. The van der Waals surface area contributed by atoms with Crippen molar-refractivity contribution in [3.63, 3.8) is 0 Å². The normalized spacial score (nSPS) is 10.8. The molecule has 1 heterocycles. The summed E-state index contributed by atoms with van der Waals surface area (Å²) in [5.74, 6) is 0.817. The minimum absolute atomic E-state index is 0.446. The number of rotatable bonds is 1. The van der Waals surface area contributed by atoms with Crippen molar-refractivity contribution < 1.29 is 4.42 Å². The zero-order chi connectivity index (χ0) is 8.55. The third-order valence-corrected chi connectivity index (χ3v) is 2.45. The van der Waals surface area contributed by atoms with Gasteiger partial charge in [0.1, 0.15) is 11.3 Å².